The molecule has 0 amide bonds. The highest BCUT2D eigenvalue weighted by Gasteiger charge is 2.19. The largest absolute Gasteiger partial charge is 0.353 e. The Kier molecular flexibility index (Phi) is 3.79. The monoisotopic (exact) mass is 408 g/mol. The minimum Gasteiger partial charge on any atom is -0.353 e. The summed E-state index contributed by atoms with van der Waals surface area (Å²) in [6.07, 6.45) is 0. The number of rotatable bonds is 3. The highest BCUT2D eigenvalue weighted by molar-refractivity contribution is 6.33. The molecule has 0 aliphatic rings. The molecule has 0 atom stereocenters. The maximum atomic E-state index is 6.43. The third-order valence-corrected chi connectivity index (χ3v) is 5.71. The van der Waals surface area contributed by atoms with Gasteiger partial charge in [0.1, 0.15) is 0 Å². The average Bonchev–Trinajstić information content (AvgIpc) is 3.30. The number of benzene rings is 4. The lowest BCUT2D eigenvalue weighted by atomic mass is 10.2. The van der Waals surface area contributed by atoms with Gasteiger partial charge in [-0.15, -0.1) is 0 Å². The molecule has 0 spiro atoms. The number of fused-ring (bicyclic) bond motifs is 5. The molecule has 0 aliphatic carbocycles. The first-order chi connectivity index (χ1) is 14.8. The quantitative estimate of drug-likeness (QED) is 0.348. The maximum absolute atomic E-state index is 6.43. The van der Waals surface area contributed by atoms with Gasteiger partial charge in [-0.3, -0.25) is 8.97 Å². The van der Waals surface area contributed by atoms with E-state index in [-0.39, 0.29) is 0 Å². The van der Waals surface area contributed by atoms with Crippen molar-refractivity contribution in [2.24, 2.45) is 0 Å². The number of para-hydroxylation sites is 5. The molecule has 4 aromatic carbocycles. The van der Waals surface area contributed by atoms with Gasteiger partial charge in [-0.2, -0.15) is 0 Å². The van der Waals surface area contributed by atoms with Crippen LogP contribution < -0.4 is 5.32 Å². The number of nitrogens with one attached hydrogen (secondary N) is 1. The molecular formula is C25H17ClN4. The molecule has 2 heterocycles. The third kappa shape index (κ3) is 2.51. The second kappa shape index (κ2) is 6.65. The van der Waals surface area contributed by atoms with Gasteiger partial charge in [0.15, 0.2) is 0 Å². The number of hydrogen-bond acceptors (Lipinski definition) is 2. The number of aromatic nitrogens is 3. The summed E-state index contributed by atoms with van der Waals surface area (Å²) in [6.45, 7) is 0. The third-order valence-electron chi connectivity index (χ3n) is 5.38. The first kappa shape index (κ1) is 17.1. The molecule has 5 heteroatoms. The van der Waals surface area contributed by atoms with Crippen LogP contribution in [-0.2, 0) is 0 Å². The van der Waals surface area contributed by atoms with E-state index in [2.05, 4.69) is 50.7 Å². The van der Waals surface area contributed by atoms with Crippen LogP contribution in [0.5, 0.6) is 0 Å². The van der Waals surface area contributed by atoms with Crippen LogP contribution in [0.25, 0.3) is 33.5 Å². The predicted molar refractivity (Wildman–Crippen MR) is 124 cm³/mol. The lowest BCUT2D eigenvalue weighted by Crippen LogP contribution is -1.95. The number of halogens is 1. The molecule has 0 fully saturated rings. The van der Waals surface area contributed by atoms with Crippen molar-refractivity contribution in [1.82, 2.24) is 14.0 Å². The van der Waals surface area contributed by atoms with Crippen LogP contribution in [0.1, 0.15) is 0 Å². The molecule has 2 aromatic heterocycles. The standard InChI is InChI=1S/C25H17ClN4/c26-18-11-4-5-12-19(18)27-21-14-8-16-23-24(21)30-22-15-7-6-13-20(22)28-25(30)29(23)17-9-2-1-3-10-17/h1-16,27H. The molecule has 0 saturated carbocycles. The van der Waals surface area contributed by atoms with Gasteiger partial charge in [-0.05, 0) is 48.5 Å². The SMILES string of the molecule is Clc1ccccc1Nc1cccc2c1n1c3ccccc3nc1n2-c1ccccc1. The molecule has 0 bridgehead atoms. The van der Waals surface area contributed by atoms with E-state index in [9.17, 15) is 0 Å². The van der Waals surface area contributed by atoms with Crippen LogP contribution in [0, 0.1) is 0 Å². The number of nitrogens with zero attached hydrogens (tertiary/aromatic N) is 3. The number of hydrogen-bond donors (Lipinski definition) is 1. The summed E-state index contributed by atoms with van der Waals surface area (Å²) < 4.78 is 4.42. The zero-order valence-corrected chi connectivity index (χ0v) is 16.7. The molecule has 144 valence electrons. The maximum Gasteiger partial charge on any atom is 0.220 e. The predicted octanol–water partition coefficient (Wildman–Crippen LogP) is 6.83. The van der Waals surface area contributed by atoms with Gasteiger partial charge in [0.05, 0.1) is 38.5 Å². The molecular weight excluding hydrogens is 392 g/mol. The van der Waals surface area contributed by atoms with Crippen molar-refractivity contribution < 1.29 is 0 Å². The fourth-order valence-electron chi connectivity index (χ4n) is 4.08. The van der Waals surface area contributed by atoms with E-state index < -0.39 is 0 Å². The second-order valence-electron chi connectivity index (χ2n) is 7.19. The molecule has 4 nitrogen and oxygen atoms in total. The number of imidazole rings is 2. The van der Waals surface area contributed by atoms with Crippen LogP contribution >= 0.6 is 11.6 Å². The Bertz CT molecular complexity index is 1530. The van der Waals surface area contributed by atoms with E-state index >= 15 is 0 Å². The Balaban J connectivity index is 1.74. The Morgan fingerprint density at radius 2 is 1.37 bits per heavy atom. The smallest absolute Gasteiger partial charge is 0.220 e. The van der Waals surface area contributed by atoms with Gasteiger partial charge >= 0.3 is 0 Å². The normalized spacial score (nSPS) is 11.5. The summed E-state index contributed by atoms with van der Waals surface area (Å²) in [5.41, 5.74) is 7.09. The van der Waals surface area contributed by atoms with E-state index in [1.54, 1.807) is 0 Å². The molecule has 6 rings (SSSR count). The van der Waals surface area contributed by atoms with E-state index in [0.717, 1.165) is 44.9 Å². The van der Waals surface area contributed by atoms with Crippen molar-refractivity contribution in [3.8, 4) is 5.69 Å². The summed E-state index contributed by atoms with van der Waals surface area (Å²) in [5, 5.41) is 4.22. The van der Waals surface area contributed by atoms with Crippen molar-refractivity contribution >= 4 is 50.8 Å². The summed E-state index contributed by atoms with van der Waals surface area (Å²) in [4.78, 5) is 4.97. The van der Waals surface area contributed by atoms with Gasteiger partial charge in [0.2, 0.25) is 5.78 Å². The highest BCUT2D eigenvalue weighted by atomic mass is 35.5. The van der Waals surface area contributed by atoms with E-state index in [4.69, 9.17) is 16.6 Å². The lowest BCUT2D eigenvalue weighted by molar-refractivity contribution is 1.11. The molecule has 30 heavy (non-hydrogen) atoms. The van der Waals surface area contributed by atoms with Gasteiger partial charge in [-0.25, -0.2) is 4.98 Å². The van der Waals surface area contributed by atoms with Gasteiger partial charge in [0.25, 0.3) is 0 Å². The minimum atomic E-state index is 0.684. The first-order valence-corrected chi connectivity index (χ1v) is 10.2. The van der Waals surface area contributed by atoms with Crippen LogP contribution in [0.15, 0.2) is 97.1 Å². The van der Waals surface area contributed by atoms with Crippen molar-refractivity contribution in [2.45, 2.75) is 0 Å². The Morgan fingerprint density at radius 1 is 0.667 bits per heavy atom. The van der Waals surface area contributed by atoms with Gasteiger partial charge < -0.3 is 5.32 Å². The van der Waals surface area contributed by atoms with E-state index in [1.165, 1.54) is 0 Å². The summed E-state index contributed by atoms with van der Waals surface area (Å²) in [5.74, 6) is 0.880. The van der Waals surface area contributed by atoms with Crippen molar-refractivity contribution in [2.75, 3.05) is 5.32 Å². The van der Waals surface area contributed by atoms with Crippen molar-refractivity contribution in [3.63, 3.8) is 0 Å². The fraction of sp³-hybridized carbons (Fsp3) is 0. The van der Waals surface area contributed by atoms with E-state index in [0.29, 0.717) is 5.02 Å². The van der Waals surface area contributed by atoms with Crippen LogP contribution in [0.4, 0.5) is 11.4 Å². The minimum absolute atomic E-state index is 0.684. The van der Waals surface area contributed by atoms with Crippen LogP contribution in [0.3, 0.4) is 0 Å². The molecule has 0 aliphatic heterocycles. The molecule has 0 unspecified atom stereocenters. The Hall–Kier alpha value is -3.76. The topological polar surface area (TPSA) is 34.3 Å². The van der Waals surface area contributed by atoms with Crippen molar-refractivity contribution in [1.29, 1.82) is 0 Å². The average molecular weight is 409 g/mol. The van der Waals surface area contributed by atoms with Gasteiger partial charge in [0, 0.05) is 5.69 Å². The van der Waals surface area contributed by atoms with E-state index in [1.807, 2.05) is 60.7 Å². The first-order valence-electron chi connectivity index (χ1n) is 9.79. The number of anilines is 2. The molecule has 6 aromatic rings. The second-order valence-corrected chi connectivity index (χ2v) is 7.59. The Labute approximate surface area is 178 Å². The summed E-state index contributed by atoms with van der Waals surface area (Å²) in [6, 6.07) is 32.6. The van der Waals surface area contributed by atoms with Gasteiger partial charge in [-0.1, -0.05) is 60.1 Å². The molecule has 1 N–H and O–H groups in total. The fourth-order valence-corrected chi connectivity index (χ4v) is 4.26. The highest BCUT2D eigenvalue weighted by Crippen LogP contribution is 2.35. The summed E-state index contributed by atoms with van der Waals surface area (Å²) in [7, 11) is 0. The molecule has 0 saturated heterocycles. The van der Waals surface area contributed by atoms with Crippen LogP contribution in [-0.4, -0.2) is 14.0 Å². The molecule has 0 radical (unpaired) electrons. The summed E-state index contributed by atoms with van der Waals surface area (Å²) >= 11 is 6.43. The lowest BCUT2D eigenvalue weighted by Gasteiger charge is -2.10. The zero-order chi connectivity index (χ0) is 20.1. The van der Waals surface area contributed by atoms with Crippen LogP contribution in [0.2, 0.25) is 5.02 Å². The zero-order valence-electron chi connectivity index (χ0n) is 16.0. The van der Waals surface area contributed by atoms with Crippen molar-refractivity contribution in [3.05, 3.63) is 102 Å². The Morgan fingerprint density at radius 3 is 2.23 bits per heavy atom.